The van der Waals surface area contributed by atoms with Crippen LogP contribution in [0.4, 0.5) is 0 Å². The van der Waals surface area contributed by atoms with Crippen molar-refractivity contribution < 1.29 is 9.59 Å². The summed E-state index contributed by atoms with van der Waals surface area (Å²) in [5.74, 6) is 0.385. The molecule has 3 heteroatoms. The number of rotatable bonds is 3. The van der Waals surface area contributed by atoms with Crippen LogP contribution >= 0.6 is 0 Å². The van der Waals surface area contributed by atoms with Crippen LogP contribution in [0.5, 0.6) is 0 Å². The zero-order valence-corrected chi connectivity index (χ0v) is 8.21. The lowest BCUT2D eigenvalue weighted by Crippen LogP contribution is -2.32. The summed E-state index contributed by atoms with van der Waals surface area (Å²) in [4.78, 5) is 24.0. The number of nitrogens with zero attached hydrogens (tertiary/aromatic N) is 1. The summed E-state index contributed by atoms with van der Waals surface area (Å²) < 4.78 is 0. The number of amides is 1. The Labute approximate surface area is 79.1 Å². The van der Waals surface area contributed by atoms with Gasteiger partial charge in [-0.2, -0.15) is 0 Å². The minimum Gasteiger partial charge on any atom is -0.342 e. The fourth-order valence-corrected chi connectivity index (χ4v) is 1.57. The first-order chi connectivity index (χ1) is 6.20. The van der Waals surface area contributed by atoms with Crippen molar-refractivity contribution in [1.82, 2.24) is 4.90 Å². The van der Waals surface area contributed by atoms with E-state index in [0.29, 0.717) is 19.4 Å². The third kappa shape index (κ3) is 3.57. The monoisotopic (exact) mass is 183 g/mol. The quantitative estimate of drug-likeness (QED) is 0.662. The van der Waals surface area contributed by atoms with Crippen molar-refractivity contribution in [3.63, 3.8) is 0 Å². The molecule has 3 nitrogen and oxygen atoms in total. The molecule has 0 bridgehead atoms. The lowest BCUT2D eigenvalue weighted by Gasteiger charge is -2.19. The molecule has 1 saturated heterocycles. The van der Waals surface area contributed by atoms with Gasteiger partial charge < -0.3 is 4.90 Å². The molecular formula is C10H17NO2. The van der Waals surface area contributed by atoms with Gasteiger partial charge in [0.05, 0.1) is 0 Å². The lowest BCUT2D eigenvalue weighted by molar-refractivity contribution is -0.131. The standard InChI is InChI=1S/C10H17NO2/c1-9(12)6-8-11-7-4-2-3-5-10(11)13/h2-8H2,1H3. The minimum atomic E-state index is 0.164. The third-order valence-electron chi connectivity index (χ3n) is 2.41. The van der Waals surface area contributed by atoms with Crippen molar-refractivity contribution in [1.29, 1.82) is 0 Å². The highest BCUT2D eigenvalue weighted by Gasteiger charge is 2.15. The topological polar surface area (TPSA) is 37.4 Å². The van der Waals surface area contributed by atoms with E-state index in [0.717, 1.165) is 25.8 Å². The molecule has 0 atom stereocenters. The molecule has 74 valence electrons. The first kappa shape index (κ1) is 10.2. The minimum absolute atomic E-state index is 0.164. The van der Waals surface area contributed by atoms with Crippen LogP contribution in [-0.2, 0) is 9.59 Å². The van der Waals surface area contributed by atoms with E-state index in [4.69, 9.17) is 0 Å². The van der Waals surface area contributed by atoms with Crippen molar-refractivity contribution in [3.8, 4) is 0 Å². The Kier molecular flexibility index (Phi) is 3.93. The highest BCUT2D eigenvalue weighted by molar-refractivity contribution is 5.79. The fraction of sp³-hybridized carbons (Fsp3) is 0.800. The zero-order valence-electron chi connectivity index (χ0n) is 8.21. The van der Waals surface area contributed by atoms with E-state index in [9.17, 15) is 9.59 Å². The number of carbonyl (C=O) groups is 2. The van der Waals surface area contributed by atoms with Gasteiger partial charge in [0, 0.05) is 25.9 Å². The number of Topliss-reactive ketones (excluding diaryl/α,β-unsaturated/α-hetero) is 1. The molecule has 13 heavy (non-hydrogen) atoms. The van der Waals surface area contributed by atoms with E-state index < -0.39 is 0 Å². The molecule has 0 spiro atoms. The molecule has 0 unspecified atom stereocenters. The summed E-state index contributed by atoms with van der Waals surface area (Å²) in [6.45, 7) is 3.03. The van der Waals surface area contributed by atoms with Gasteiger partial charge >= 0.3 is 0 Å². The van der Waals surface area contributed by atoms with Gasteiger partial charge in [-0.3, -0.25) is 9.59 Å². The van der Waals surface area contributed by atoms with Gasteiger partial charge in [0.1, 0.15) is 5.78 Å². The number of hydrogen-bond acceptors (Lipinski definition) is 2. The Morgan fingerprint density at radius 1 is 1.38 bits per heavy atom. The molecule has 0 radical (unpaired) electrons. The Hall–Kier alpha value is -0.860. The van der Waals surface area contributed by atoms with E-state index in [1.165, 1.54) is 0 Å². The van der Waals surface area contributed by atoms with Crippen molar-refractivity contribution in [2.75, 3.05) is 13.1 Å². The second kappa shape index (κ2) is 5.00. The molecule has 0 aromatic rings. The second-order valence-electron chi connectivity index (χ2n) is 3.64. The highest BCUT2D eigenvalue weighted by atomic mass is 16.2. The molecular weight excluding hydrogens is 166 g/mol. The second-order valence-corrected chi connectivity index (χ2v) is 3.64. The van der Waals surface area contributed by atoms with Gasteiger partial charge in [-0.1, -0.05) is 6.42 Å². The summed E-state index contributed by atoms with van der Waals surface area (Å²) in [5, 5.41) is 0. The van der Waals surface area contributed by atoms with E-state index in [1.54, 1.807) is 6.92 Å². The fourth-order valence-electron chi connectivity index (χ4n) is 1.57. The first-order valence-corrected chi connectivity index (χ1v) is 4.97. The third-order valence-corrected chi connectivity index (χ3v) is 2.41. The molecule has 1 amide bonds. The SMILES string of the molecule is CC(=O)CCN1CCCCCC1=O. The molecule has 1 fully saturated rings. The average Bonchev–Trinajstić information content (AvgIpc) is 2.27. The number of likely N-dealkylation sites (tertiary alicyclic amines) is 1. The first-order valence-electron chi connectivity index (χ1n) is 4.97. The summed E-state index contributed by atoms with van der Waals surface area (Å²) >= 11 is 0. The average molecular weight is 183 g/mol. The van der Waals surface area contributed by atoms with Gasteiger partial charge in [0.25, 0.3) is 0 Å². The van der Waals surface area contributed by atoms with E-state index in [1.807, 2.05) is 4.90 Å². The van der Waals surface area contributed by atoms with E-state index in [2.05, 4.69) is 0 Å². The van der Waals surface area contributed by atoms with Crippen LogP contribution in [-0.4, -0.2) is 29.7 Å². The molecule has 1 rings (SSSR count). The predicted molar refractivity (Wildman–Crippen MR) is 50.3 cm³/mol. The van der Waals surface area contributed by atoms with Crippen LogP contribution in [0.25, 0.3) is 0 Å². The van der Waals surface area contributed by atoms with Gasteiger partial charge in [-0.15, -0.1) is 0 Å². The van der Waals surface area contributed by atoms with Crippen LogP contribution in [0.3, 0.4) is 0 Å². The molecule has 0 aromatic carbocycles. The highest BCUT2D eigenvalue weighted by Crippen LogP contribution is 2.11. The van der Waals surface area contributed by atoms with Gasteiger partial charge in [-0.05, 0) is 19.8 Å². The molecule has 0 N–H and O–H groups in total. The summed E-state index contributed by atoms with van der Waals surface area (Å²) in [5.41, 5.74) is 0. The molecule has 1 heterocycles. The van der Waals surface area contributed by atoms with Crippen LogP contribution < -0.4 is 0 Å². The van der Waals surface area contributed by atoms with Gasteiger partial charge in [0.15, 0.2) is 0 Å². The van der Waals surface area contributed by atoms with Crippen molar-refractivity contribution in [2.24, 2.45) is 0 Å². The Morgan fingerprint density at radius 3 is 2.85 bits per heavy atom. The maximum atomic E-state index is 11.4. The Bertz CT molecular complexity index is 201. The van der Waals surface area contributed by atoms with Gasteiger partial charge in [-0.25, -0.2) is 0 Å². The maximum Gasteiger partial charge on any atom is 0.222 e. The predicted octanol–water partition coefficient (Wildman–Crippen LogP) is 1.37. The molecule has 0 saturated carbocycles. The number of hydrogen-bond donors (Lipinski definition) is 0. The van der Waals surface area contributed by atoms with Crippen LogP contribution in [0, 0.1) is 0 Å². The van der Waals surface area contributed by atoms with Crippen LogP contribution in [0.2, 0.25) is 0 Å². The number of carbonyl (C=O) groups excluding carboxylic acids is 2. The molecule has 1 aliphatic rings. The summed E-state index contributed by atoms with van der Waals surface area (Å²) in [6.07, 6.45) is 4.41. The molecule has 0 aliphatic carbocycles. The lowest BCUT2D eigenvalue weighted by atomic mass is 10.2. The molecule has 0 aromatic heterocycles. The maximum absolute atomic E-state index is 11.4. The number of ketones is 1. The van der Waals surface area contributed by atoms with E-state index in [-0.39, 0.29) is 11.7 Å². The van der Waals surface area contributed by atoms with Crippen LogP contribution in [0.1, 0.15) is 39.0 Å². The normalized spacial score (nSPS) is 18.5. The largest absolute Gasteiger partial charge is 0.342 e. The van der Waals surface area contributed by atoms with Crippen molar-refractivity contribution in [2.45, 2.75) is 39.0 Å². The summed E-state index contributed by atoms with van der Waals surface area (Å²) in [7, 11) is 0. The smallest absolute Gasteiger partial charge is 0.222 e. The van der Waals surface area contributed by atoms with Gasteiger partial charge in [0.2, 0.25) is 5.91 Å². The Morgan fingerprint density at radius 2 is 2.15 bits per heavy atom. The zero-order chi connectivity index (χ0) is 9.68. The van der Waals surface area contributed by atoms with Crippen molar-refractivity contribution >= 4 is 11.7 Å². The van der Waals surface area contributed by atoms with E-state index >= 15 is 0 Å². The van der Waals surface area contributed by atoms with Crippen molar-refractivity contribution in [3.05, 3.63) is 0 Å². The molecule has 1 aliphatic heterocycles. The van der Waals surface area contributed by atoms with Crippen LogP contribution in [0.15, 0.2) is 0 Å². The summed E-state index contributed by atoms with van der Waals surface area (Å²) in [6, 6.07) is 0. The Balaban J connectivity index is 2.36.